The molecule has 0 bridgehead atoms. The highest BCUT2D eigenvalue weighted by Crippen LogP contribution is 2.18. The van der Waals surface area contributed by atoms with Gasteiger partial charge in [-0.15, -0.1) is 24.0 Å². The van der Waals surface area contributed by atoms with Gasteiger partial charge in [0.2, 0.25) is 0 Å². The fourth-order valence-corrected chi connectivity index (χ4v) is 3.35. The van der Waals surface area contributed by atoms with Gasteiger partial charge in [-0.25, -0.2) is 9.98 Å². The number of rotatable bonds is 6. The van der Waals surface area contributed by atoms with Gasteiger partial charge >= 0.3 is 0 Å². The molecule has 2 aromatic rings. The van der Waals surface area contributed by atoms with Crippen molar-refractivity contribution in [3.8, 4) is 0 Å². The zero-order chi connectivity index (χ0) is 18.9. The van der Waals surface area contributed by atoms with Crippen molar-refractivity contribution in [2.45, 2.75) is 46.2 Å². The maximum Gasteiger partial charge on any atom is 0.191 e. The summed E-state index contributed by atoms with van der Waals surface area (Å²) in [5.74, 6) is 1.93. The van der Waals surface area contributed by atoms with E-state index in [-0.39, 0.29) is 24.0 Å². The molecule has 1 aromatic heterocycles. The van der Waals surface area contributed by atoms with Crippen molar-refractivity contribution < 1.29 is 0 Å². The molecule has 2 N–H and O–H groups in total. The first-order chi connectivity index (χ1) is 13.3. The number of pyridine rings is 1. The third-order valence-corrected chi connectivity index (χ3v) is 4.96. The highest BCUT2D eigenvalue weighted by Gasteiger charge is 2.12. The first kappa shape index (κ1) is 22.5. The zero-order valence-electron chi connectivity index (χ0n) is 16.9. The van der Waals surface area contributed by atoms with Gasteiger partial charge in [-0.3, -0.25) is 0 Å². The van der Waals surface area contributed by atoms with Crippen molar-refractivity contribution in [2.24, 2.45) is 4.99 Å². The van der Waals surface area contributed by atoms with Crippen molar-refractivity contribution in [3.05, 3.63) is 59.3 Å². The Labute approximate surface area is 186 Å². The molecule has 6 heteroatoms. The molecule has 1 aliphatic rings. The smallest absolute Gasteiger partial charge is 0.191 e. The van der Waals surface area contributed by atoms with E-state index < -0.39 is 0 Å². The van der Waals surface area contributed by atoms with Gasteiger partial charge in [0.15, 0.2) is 5.96 Å². The van der Waals surface area contributed by atoms with Gasteiger partial charge < -0.3 is 15.5 Å². The summed E-state index contributed by atoms with van der Waals surface area (Å²) in [6.07, 6.45) is 5.76. The van der Waals surface area contributed by atoms with Crippen molar-refractivity contribution in [1.29, 1.82) is 0 Å². The molecule has 2 heterocycles. The van der Waals surface area contributed by atoms with Crippen LogP contribution in [0.15, 0.2) is 47.6 Å². The average molecular weight is 493 g/mol. The summed E-state index contributed by atoms with van der Waals surface area (Å²) < 4.78 is 0. The molecular formula is C22H32IN5. The monoisotopic (exact) mass is 493 g/mol. The van der Waals surface area contributed by atoms with E-state index in [1.54, 1.807) is 0 Å². The van der Waals surface area contributed by atoms with Crippen molar-refractivity contribution in [1.82, 2.24) is 15.6 Å². The van der Waals surface area contributed by atoms with Gasteiger partial charge in [0.25, 0.3) is 0 Å². The number of hydrogen-bond acceptors (Lipinski definition) is 3. The molecule has 28 heavy (non-hydrogen) atoms. The van der Waals surface area contributed by atoms with Gasteiger partial charge in [0.05, 0.1) is 6.54 Å². The lowest BCUT2D eigenvalue weighted by Gasteiger charge is -2.27. The third kappa shape index (κ3) is 6.65. The second-order valence-electron chi connectivity index (χ2n) is 7.05. The van der Waals surface area contributed by atoms with E-state index in [1.807, 2.05) is 6.20 Å². The fraction of sp³-hybridized carbons (Fsp3) is 0.455. The lowest BCUT2D eigenvalue weighted by Crippen LogP contribution is -2.37. The summed E-state index contributed by atoms with van der Waals surface area (Å²) in [6.45, 7) is 8.71. The molecule has 0 amide bonds. The average Bonchev–Trinajstić information content (AvgIpc) is 2.72. The molecule has 0 spiro atoms. The van der Waals surface area contributed by atoms with E-state index in [0.717, 1.165) is 38.0 Å². The summed E-state index contributed by atoms with van der Waals surface area (Å²) in [6, 6.07) is 12.7. The molecule has 152 valence electrons. The predicted molar refractivity (Wildman–Crippen MR) is 129 cm³/mol. The van der Waals surface area contributed by atoms with E-state index in [4.69, 9.17) is 4.99 Å². The van der Waals surface area contributed by atoms with Crippen LogP contribution < -0.4 is 15.5 Å². The van der Waals surface area contributed by atoms with Crippen LogP contribution in [0.5, 0.6) is 0 Å². The number of nitrogens with zero attached hydrogens (tertiary/aromatic N) is 3. The Kier molecular flexibility index (Phi) is 9.54. The molecule has 1 fully saturated rings. The quantitative estimate of drug-likeness (QED) is 0.359. The molecule has 0 atom stereocenters. The highest BCUT2D eigenvalue weighted by atomic mass is 127. The van der Waals surface area contributed by atoms with Crippen LogP contribution >= 0.6 is 24.0 Å². The number of guanidine groups is 1. The van der Waals surface area contributed by atoms with Gasteiger partial charge in [-0.2, -0.15) is 0 Å². The van der Waals surface area contributed by atoms with Gasteiger partial charge in [-0.05, 0) is 61.9 Å². The van der Waals surface area contributed by atoms with Crippen LogP contribution in [-0.4, -0.2) is 30.6 Å². The number of halogens is 1. The van der Waals surface area contributed by atoms with Crippen LogP contribution in [0.2, 0.25) is 0 Å². The Bertz CT molecular complexity index is 756. The van der Waals surface area contributed by atoms with Gasteiger partial charge in [0.1, 0.15) is 5.82 Å². The minimum Gasteiger partial charge on any atom is -0.357 e. The number of aromatic nitrogens is 1. The van der Waals surface area contributed by atoms with Crippen LogP contribution in [0.25, 0.3) is 0 Å². The van der Waals surface area contributed by atoms with E-state index >= 15 is 0 Å². The second-order valence-corrected chi connectivity index (χ2v) is 7.05. The molecule has 1 aromatic carbocycles. The lowest BCUT2D eigenvalue weighted by molar-refractivity contribution is 0.573. The largest absolute Gasteiger partial charge is 0.357 e. The first-order valence-corrected chi connectivity index (χ1v) is 10.0. The minimum atomic E-state index is 0. The number of anilines is 1. The van der Waals surface area contributed by atoms with Crippen molar-refractivity contribution >= 4 is 35.8 Å². The summed E-state index contributed by atoms with van der Waals surface area (Å²) in [5, 5.41) is 6.77. The molecule has 0 aliphatic carbocycles. The zero-order valence-corrected chi connectivity index (χ0v) is 19.3. The maximum absolute atomic E-state index is 4.76. The summed E-state index contributed by atoms with van der Waals surface area (Å²) >= 11 is 0. The topological polar surface area (TPSA) is 52.6 Å². The predicted octanol–water partition coefficient (Wildman–Crippen LogP) is 4.25. The summed E-state index contributed by atoms with van der Waals surface area (Å²) in [4.78, 5) is 11.7. The van der Waals surface area contributed by atoms with Crippen LogP contribution in [0.3, 0.4) is 0 Å². The summed E-state index contributed by atoms with van der Waals surface area (Å²) in [5.41, 5.74) is 3.78. The molecule has 1 saturated heterocycles. The van der Waals surface area contributed by atoms with Crippen LogP contribution in [0, 0.1) is 6.92 Å². The molecular weight excluding hydrogens is 461 g/mol. The van der Waals surface area contributed by atoms with E-state index in [2.05, 4.69) is 70.8 Å². The standard InChI is InChI=1S/C22H31N5.HI/c1-3-23-22(26-17-20-10-6-5-9-18(20)2)25-16-19-11-12-24-21(15-19)27-13-7-4-8-14-27;/h5-6,9-12,15H,3-4,7-8,13-14,16-17H2,1-2H3,(H2,23,25,26);1H. The van der Waals surface area contributed by atoms with Gasteiger partial charge in [0, 0.05) is 32.4 Å². The SMILES string of the molecule is CCNC(=NCc1ccnc(N2CCCCC2)c1)NCc1ccccc1C.I. The minimum absolute atomic E-state index is 0. The molecule has 0 saturated carbocycles. The van der Waals surface area contributed by atoms with Crippen molar-refractivity contribution in [3.63, 3.8) is 0 Å². The van der Waals surface area contributed by atoms with Crippen LogP contribution in [0.1, 0.15) is 42.9 Å². The number of piperidine rings is 1. The lowest BCUT2D eigenvalue weighted by atomic mass is 10.1. The van der Waals surface area contributed by atoms with E-state index in [1.165, 1.54) is 36.0 Å². The first-order valence-electron chi connectivity index (χ1n) is 10.0. The highest BCUT2D eigenvalue weighted by molar-refractivity contribution is 14.0. The van der Waals surface area contributed by atoms with Crippen LogP contribution in [0.4, 0.5) is 5.82 Å². The van der Waals surface area contributed by atoms with Crippen LogP contribution in [-0.2, 0) is 13.1 Å². The molecule has 0 radical (unpaired) electrons. The number of nitrogens with one attached hydrogen (secondary N) is 2. The maximum atomic E-state index is 4.76. The molecule has 0 unspecified atom stereocenters. The fourth-order valence-electron chi connectivity index (χ4n) is 3.35. The molecule has 3 rings (SSSR count). The van der Waals surface area contributed by atoms with Gasteiger partial charge in [-0.1, -0.05) is 24.3 Å². The number of hydrogen-bond donors (Lipinski definition) is 2. The molecule has 5 nitrogen and oxygen atoms in total. The Morgan fingerprint density at radius 2 is 1.89 bits per heavy atom. The number of benzene rings is 1. The Morgan fingerprint density at radius 3 is 2.64 bits per heavy atom. The summed E-state index contributed by atoms with van der Waals surface area (Å²) in [7, 11) is 0. The molecule has 1 aliphatic heterocycles. The van der Waals surface area contributed by atoms with Crippen molar-refractivity contribution in [2.75, 3.05) is 24.5 Å². The third-order valence-electron chi connectivity index (χ3n) is 4.96. The number of aryl methyl sites for hydroxylation is 1. The van der Waals surface area contributed by atoms with E-state index in [0.29, 0.717) is 6.54 Å². The Balaban J connectivity index is 0.00000280. The second kappa shape index (κ2) is 11.9. The Morgan fingerprint density at radius 1 is 1.11 bits per heavy atom. The number of aliphatic imine (C=N–C) groups is 1. The van der Waals surface area contributed by atoms with E-state index in [9.17, 15) is 0 Å². The normalized spacial score (nSPS) is 14.4. The Hall–Kier alpha value is -1.83.